The third kappa shape index (κ3) is 5.60. The molecular formula is C16H22N2O7S. The molecule has 1 aliphatic rings. The fourth-order valence-corrected chi connectivity index (χ4v) is 3.41. The number of nitrogens with zero attached hydrogens (tertiary/aromatic N) is 1. The minimum Gasteiger partial charge on any atom is -0.490 e. The Morgan fingerprint density at radius 1 is 1.23 bits per heavy atom. The molecule has 0 bridgehead atoms. The van der Waals surface area contributed by atoms with Crippen LogP contribution in [0.5, 0.6) is 11.5 Å². The lowest BCUT2D eigenvalue weighted by Crippen LogP contribution is -2.32. The van der Waals surface area contributed by atoms with Crippen molar-refractivity contribution in [1.29, 1.82) is 0 Å². The van der Waals surface area contributed by atoms with E-state index in [0.29, 0.717) is 24.7 Å². The molecule has 0 radical (unpaired) electrons. The molecule has 2 rings (SSSR count). The zero-order valence-electron chi connectivity index (χ0n) is 14.4. The molecule has 1 aliphatic heterocycles. The van der Waals surface area contributed by atoms with Gasteiger partial charge in [-0.15, -0.1) is 0 Å². The molecule has 0 aliphatic carbocycles. The predicted octanol–water partition coefficient (Wildman–Crippen LogP) is 0.449. The fourth-order valence-electron chi connectivity index (χ4n) is 2.32. The molecule has 9 nitrogen and oxygen atoms in total. The van der Waals surface area contributed by atoms with Gasteiger partial charge in [0.15, 0.2) is 11.5 Å². The van der Waals surface area contributed by atoms with E-state index in [1.165, 1.54) is 19.2 Å². The number of rotatable bonds is 8. The second-order valence-corrected chi connectivity index (χ2v) is 7.57. The fraction of sp³-hybridized carbons (Fsp3) is 0.500. The molecule has 0 atom stereocenters. The quantitative estimate of drug-likeness (QED) is 0.622. The maximum absolute atomic E-state index is 12.3. The lowest BCUT2D eigenvalue weighted by atomic mass is 10.3. The normalized spacial score (nSPS) is 13.7. The Hall–Kier alpha value is -2.33. The highest BCUT2D eigenvalue weighted by atomic mass is 32.2. The average molecular weight is 386 g/mol. The van der Waals surface area contributed by atoms with E-state index in [1.807, 2.05) is 0 Å². The SMILES string of the molecule is CN(CC(=O)O)C(=O)CCCNS(=O)(=O)c1ccc2c(c1)OCCCO2. The molecule has 2 N–H and O–H groups in total. The van der Waals surface area contributed by atoms with Crippen LogP contribution in [0, 0.1) is 0 Å². The number of carbonyl (C=O) groups excluding carboxylic acids is 1. The highest BCUT2D eigenvalue weighted by Crippen LogP contribution is 2.31. The molecule has 1 aromatic carbocycles. The summed E-state index contributed by atoms with van der Waals surface area (Å²) in [7, 11) is -2.36. The molecule has 0 spiro atoms. The van der Waals surface area contributed by atoms with Gasteiger partial charge in [0, 0.05) is 32.5 Å². The minimum absolute atomic E-state index is 0.0490. The van der Waals surface area contributed by atoms with Gasteiger partial charge in [-0.1, -0.05) is 0 Å². The highest BCUT2D eigenvalue weighted by Gasteiger charge is 2.19. The molecule has 0 saturated heterocycles. The van der Waals surface area contributed by atoms with Gasteiger partial charge in [-0.2, -0.15) is 0 Å². The summed E-state index contributed by atoms with van der Waals surface area (Å²) < 4.78 is 38.1. The van der Waals surface area contributed by atoms with Crippen LogP contribution in [0.25, 0.3) is 0 Å². The molecular weight excluding hydrogens is 364 g/mol. The van der Waals surface area contributed by atoms with Crippen molar-refractivity contribution in [2.24, 2.45) is 0 Å². The van der Waals surface area contributed by atoms with Gasteiger partial charge in [-0.05, 0) is 18.6 Å². The van der Waals surface area contributed by atoms with Gasteiger partial charge >= 0.3 is 5.97 Å². The molecule has 0 unspecified atom stereocenters. The first-order valence-corrected chi connectivity index (χ1v) is 9.63. The largest absolute Gasteiger partial charge is 0.490 e. The summed E-state index contributed by atoms with van der Waals surface area (Å²) in [6.45, 7) is 0.642. The molecule has 0 fully saturated rings. The zero-order valence-corrected chi connectivity index (χ0v) is 15.3. The predicted molar refractivity (Wildman–Crippen MR) is 91.7 cm³/mol. The number of hydrogen-bond acceptors (Lipinski definition) is 6. The Labute approximate surface area is 151 Å². The Kier molecular flexibility index (Phi) is 6.81. The van der Waals surface area contributed by atoms with Crippen molar-refractivity contribution in [2.75, 3.05) is 33.4 Å². The number of amides is 1. The van der Waals surface area contributed by atoms with Crippen LogP contribution >= 0.6 is 0 Å². The van der Waals surface area contributed by atoms with Crippen LogP contribution in [-0.4, -0.2) is 63.7 Å². The summed E-state index contributed by atoms with van der Waals surface area (Å²) in [5, 5.41) is 8.63. The third-order valence-electron chi connectivity index (χ3n) is 3.69. The van der Waals surface area contributed by atoms with Crippen molar-refractivity contribution in [2.45, 2.75) is 24.2 Å². The van der Waals surface area contributed by atoms with E-state index < -0.39 is 16.0 Å². The number of carbonyl (C=O) groups is 2. The molecule has 1 amide bonds. The monoisotopic (exact) mass is 386 g/mol. The first-order valence-electron chi connectivity index (χ1n) is 8.14. The molecule has 1 aromatic rings. The molecule has 144 valence electrons. The third-order valence-corrected chi connectivity index (χ3v) is 5.15. The molecule has 10 heteroatoms. The van der Waals surface area contributed by atoms with Crippen LogP contribution in [0.4, 0.5) is 0 Å². The number of likely N-dealkylation sites (N-methyl/N-ethyl adjacent to an activating group) is 1. The van der Waals surface area contributed by atoms with Crippen LogP contribution in [0.3, 0.4) is 0 Å². The van der Waals surface area contributed by atoms with E-state index in [1.54, 1.807) is 6.07 Å². The minimum atomic E-state index is -3.75. The van der Waals surface area contributed by atoms with Crippen molar-refractivity contribution >= 4 is 21.9 Å². The first-order chi connectivity index (χ1) is 12.3. The number of sulfonamides is 1. The summed E-state index contributed by atoms with van der Waals surface area (Å²) in [5.74, 6) is -0.567. The lowest BCUT2D eigenvalue weighted by molar-refractivity contribution is -0.143. The lowest BCUT2D eigenvalue weighted by Gasteiger charge is -2.14. The number of aliphatic carboxylic acids is 1. The average Bonchev–Trinajstić information content (AvgIpc) is 2.82. The van der Waals surface area contributed by atoms with E-state index in [-0.39, 0.29) is 36.7 Å². The molecule has 0 aromatic heterocycles. The number of fused-ring (bicyclic) bond motifs is 1. The van der Waals surface area contributed by atoms with Crippen molar-refractivity contribution < 1.29 is 32.6 Å². The summed E-state index contributed by atoms with van der Waals surface area (Å²) in [6, 6.07) is 4.40. The highest BCUT2D eigenvalue weighted by molar-refractivity contribution is 7.89. The Morgan fingerprint density at radius 2 is 1.92 bits per heavy atom. The topological polar surface area (TPSA) is 122 Å². The maximum Gasteiger partial charge on any atom is 0.323 e. The van der Waals surface area contributed by atoms with Gasteiger partial charge < -0.3 is 19.5 Å². The van der Waals surface area contributed by atoms with Crippen LogP contribution < -0.4 is 14.2 Å². The summed E-state index contributed by atoms with van der Waals surface area (Å²) in [6.07, 6.45) is 1.03. The van der Waals surface area contributed by atoms with Gasteiger partial charge in [-0.3, -0.25) is 9.59 Å². The second kappa shape index (κ2) is 8.86. The Balaban J connectivity index is 1.88. The standard InChI is InChI=1S/C16H22N2O7S/c1-18(11-16(20)21)15(19)4-2-7-17-26(22,23)12-5-6-13-14(10-12)25-9-3-8-24-13/h5-6,10,17H,2-4,7-9,11H2,1H3,(H,20,21). The van der Waals surface area contributed by atoms with E-state index in [0.717, 1.165) is 11.3 Å². The van der Waals surface area contributed by atoms with E-state index in [4.69, 9.17) is 14.6 Å². The van der Waals surface area contributed by atoms with Crippen molar-refractivity contribution in [1.82, 2.24) is 9.62 Å². The maximum atomic E-state index is 12.3. The number of carboxylic acid groups (broad SMARTS) is 1. The van der Waals surface area contributed by atoms with Crippen LogP contribution in [0.15, 0.2) is 23.1 Å². The Bertz CT molecular complexity index is 764. The second-order valence-electron chi connectivity index (χ2n) is 5.80. The van der Waals surface area contributed by atoms with E-state index in [2.05, 4.69) is 4.72 Å². The van der Waals surface area contributed by atoms with Gasteiger partial charge in [0.25, 0.3) is 0 Å². The zero-order chi connectivity index (χ0) is 19.2. The van der Waals surface area contributed by atoms with Crippen molar-refractivity contribution in [3.8, 4) is 11.5 Å². The smallest absolute Gasteiger partial charge is 0.323 e. The van der Waals surface area contributed by atoms with E-state index in [9.17, 15) is 18.0 Å². The van der Waals surface area contributed by atoms with Crippen molar-refractivity contribution in [3.05, 3.63) is 18.2 Å². The molecule has 1 heterocycles. The van der Waals surface area contributed by atoms with Gasteiger partial charge in [0.05, 0.1) is 18.1 Å². The van der Waals surface area contributed by atoms with E-state index >= 15 is 0 Å². The number of nitrogens with one attached hydrogen (secondary N) is 1. The summed E-state index contributed by atoms with van der Waals surface area (Å²) in [4.78, 5) is 23.4. The first kappa shape index (κ1) is 20.0. The summed E-state index contributed by atoms with van der Waals surface area (Å²) in [5.41, 5.74) is 0. The molecule has 0 saturated carbocycles. The van der Waals surface area contributed by atoms with Crippen LogP contribution in [0.2, 0.25) is 0 Å². The van der Waals surface area contributed by atoms with Crippen LogP contribution in [0.1, 0.15) is 19.3 Å². The Morgan fingerprint density at radius 3 is 2.62 bits per heavy atom. The number of benzene rings is 1. The number of hydrogen-bond donors (Lipinski definition) is 2. The van der Waals surface area contributed by atoms with Gasteiger partial charge in [0.2, 0.25) is 15.9 Å². The summed E-state index contributed by atoms with van der Waals surface area (Å²) >= 11 is 0. The van der Waals surface area contributed by atoms with Gasteiger partial charge in [-0.25, -0.2) is 13.1 Å². The number of carboxylic acids is 1. The van der Waals surface area contributed by atoms with Crippen molar-refractivity contribution in [3.63, 3.8) is 0 Å². The van der Waals surface area contributed by atoms with Gasteiger partial charge in [0.1, 0.15) is 6.54 Å². The molecule has 26 heavy (non-hydrogen) atoms. The number of ether oxygens (including phenoxy) is 2. The van der Waals surface area contributed by atoms with Crippen LogP contribution in [-0.2, 0) is 19.6 Å².